The van der Waals surface area contributed by atoms with Gasteiger partial charge < -0.3 is 4.55 Å². The van der Waals surface area contributed by atoms with Crippen molar-refractivity contribution in [2.24, 2.45) is 0 Å². The van der Waals surface area contributed by atoms with Crippen molar-refractivity contribution in [2.75, 3.05) is 6.61 Å². The number of benzene rings is 2. The minimum absolute atomic E-state index is 0. The second-order valence-electron chi connectivity index (χ2n) is 8.31. The summed E-state index contributed by atoms with van der Waals surface area (Å²) in [6.45, 7) is 2.02. The quantitative estimate of drug-likeness (QED) is 0.143. The van der Waals surface area contributed by atoms with E-state index in [0.717, 1.165) is 25.7 Å². The molecule has 0 saturated carbocycles. The number of rotatable bonds is 16. The topological polar surface area (TPSA) is 101 Å². The van der Waals surface area contributed by atoms with Crippen molar-refractivity contribution >= 4 is 25.8 Å². The summed E-state index contributed by atoms with van der Waals surface area (Å²) in [4.78, 5) is 0. The van der Waals surface area contributed by atoms with Crippen LogP contribution in [0.2, 0.25) is 0 Å². The molecule has 0 N–H and O–H groups in total. The maximum atomic E-state index is 13.0. The zero-order valence-corrected chi connectivity index (χ0v) is 24.5. The van der Waals surface area contributed by atoms with Gasteiger partial charge in [-0.3, -0.25) is 4.18 Å². The van der Waals surface area contributed by atoms with E-state index in [2.05, 4.69) is 6.92 Å². The molecular weight excluding hydrogens is 495 g/mol. The molecule has 0 aliphatic rings. The molecule has 35 heavy (non-hydrogen) atoms. The number of hydrogen-bond acceptors (Lipinski definition) is 6. The fraction of sp³-hybridized carbons (Fsp3) is 0.462. The van der Waals surface area contributed by atoms with Gasteiger partial charge in [-0.25, -0.2) is 8.42 Å². The molecule has 6 nitrogen and oxygen atoms in total. The Bertz CT molecular complexity index is 1060. The van der Waals surface area contributed by atoms with Gasteiger partial charge in [0.15, 0.2) is 4.24 Å². The average Bonchev–Trinajstić information content (AvgIpc) is 2.81. The summed E-state index contributed by atoms with van der Waals surface area (Å²) in [5.74, 6) is 0. The van der Waals surface area contributed by atoms with Gasteiger partial charge >= 0.3 is 39.7 Å². The van der Waals surface area contributed by atoms with E-state index in [9.17, 15) is 21.4 Å². The van der Waals surface area contributed by atoms with E-state index in [-0.39, 0.29) is 41.7 Å². The predicted octanol–water partition coefficient (Wildman–Crippen LogP) is 3.22. The SMILES string of the molecule is CCCCCCCCCCCCOS(=O)(=O)C(=C(c1ccccc1)c1ccccc1)S(=O)(=O)[O-].[Na+]. The Kier molecular flexibility index (Phi) is 15.3. The Balaban J connectivity index is 0.00000612. The van der Waals surface area contributed by atoms with Crippen LogP contribution in [0.25, 0.3) is 5.57 Å². The van der Waals surface area contributed by atoms with E-state index < -0.39 is 24.5 Å². The maximum Gasteiger partial charge on any atom is 1.00 e. The molecule has 9 heteroatoms. The molecule has 0 fully saturated rings. The molecule has 0 heterocycles. The largest absolute Gasteiger partial charge is 1.00 e. The fourth-order valence-electron chi connectivity index (χ4n) is 3.80. The van der Waals surface area contributed by atoms with Crippen molar-refractivity contribution in [3.8, 4) is 0 Å². The summed E-state index contributed by atoms with van der Waals surface area (Å²) in [7, 11) is -10.2. The van der Waals surface area contributed by atoms with E-state index in [1.54, 1.807) is 60.7 Å². The van der Waals surface area contributed by atoms with Crippen molar-refractivity contribution in [1.29, 1.82) is 0 Å². The molecule has 0 unspecified atom stereocenters. The summed E-state index contributed by atoms with van der Waals surface area (Å²) in [5, 5.41) is 0. The third kappa shape index (κ3) is 11.3. The molecule has 0 aliphatic heterocycles. The molecule has 0 amide bonds. The third-order valence-electron chi connectivity index (χ3n) is 5.52. The summed E-state index contributed by atoms with van der Waals surface area (Å²) >= 11 is 0. The second-order valence-corrected chi connectivity index (χ2v) is 11.4. The first-order chi connectivity index (χ1) is 16.3. The van der Waals surface area contributed by atoms with Crippen molar-refractivity contribution in [2.45, 2.75) is 71.1 Å². The first-order valence-corrected chi connectivity index (χ1v) is 14.8. The van der Waals surface area contributed by atoms with Crippen LogP contribution in [0.3, 0.4) is 0 Å². The molecule has 0 bridgehead atoms. The molecular formula is C26H35NaO6S2. The van der Waals surface area contributed by atoms with Gasteiger partial charge in [0.05, 0.1) is 6.61 Å². The summed E-state index contributed by atoms with van der Waals surface area (Å²) < 4.78 is 66.3. The first-order valence-electron chi connectivity index (χ1n) is 12.0. The third-order valence-corrected chi connectivity index (χ3v) is 8.54. The normalized spacial score (nSPS) is 11.6. The Morgan fingerprint density at radius 3 is 1.49 bits per heavy atom. The van der Waals surface area contributed by atoms with Crippen molar-refractivity contribution in [3.63, 3.8) is 0 Å². The van der Waals surface area contributed by atoms with E-state index in [4.69, 9.17) is 4.18 Å². The molecule has 0 atom stereocenters. The molecule has 188 valence electrons. The Hall–Kier alpha value is -1.000. The zero-order chi connectivity index (χ0) is 24.9. The number of hydrogen-bond donors (Lipinski definition) is 0. The first kappa shape index (κ1) is 32.0. The van der Waals surface area contributed by atoms with Crippen molar-refractivity contribution in [3.05, 3.63) is 76.0 Å². The van der Waals surface area contributed by atoms with Crippen LogP contribution >= 0.6 is 0 Å². The van der Waals surface area contributed by atoms with Crippen LogP contribution in [-0.2, 0) is 24.4 Å². The molecule has 2 aromatic carbocycles. The van der Waals surface area contributed by atoms with E-state index in [1.807, 2.05) is 0 Å². The van der Waals surface area contributed by atoms with Gasteiger partial charge in [0.1, 0.15) is 10.1 Å². The molecule has 0 radical (unpaired) electrons. The van der Waals surface area contributed by atoms with Gasteiger partial charge in [-0.2, -0.15) is 8.42 Å². The van der Waals surface area contributed by atoms with Crippen LogP contribution in [0.1, 0.15) is 82.3 Å². The molecule has 0 spiro atoms. The minimum Gasteiger partial charge on any atom is -0.743 e. The maximum absolute atomic E-state index is 13.0. The predicted molar refractivity (Wildman–Crippen MR) is 135 cm³/mol. The van der Waals surface area contributed by atoms with Crippen LogP contribution in [0.15, 0.2) is 64.9 Å². The van der Waals surface area contributed by atoms with Gasteiger partial charge in [0.25, 0.3) is 0 Å². The van der Waals surface area contributed by atoms with Crippen LogP contribution < -0.4 is 29.6 Å². The monoisotopic (exact) mass is 530 g/mol. The van der Waals surface area contributed by atoms with Crippen LogP contribution in [0, 0.1) is 0 Å². The Morgan fingerprint density at radius 1 is 0.686 bits per heavy atom. The van der Waals surface area contributed by atoms with Crippen LogP contribution in [0.4, 0.5) is 0 Å². The van der Waals surface area contributed by atoms with Gasteiger partial charge in [-0.15, -0.1) is 0 Å². The van der Waals surface area contributed by atoms with Gasteiger partial charge in [0.2, 0.25) is 0 Å². The van der Waals surface area contributed by atoms with Crippen molar-refractivity contribution in [1.82, 2.24) is 0 Å². The van der Waals surface area contributed by atoms with E-state index >= 15 is 0 Å². The standard InChI is InChI=1S/C26H36O6S2.Na/c1-2-3-4-5-6-7-8-9-10-17-22-32-34(30,31)26(33(27,28)29)25(23-18-13-11-14-19-23)24-20-15-12-16-21-24;/h11-16,18-21H,2-10,17,22H2,1H3,(H,27,28,29);/q;+1/p-1. The smallest absolute Gasteiger partial charge is 0.743 e. The van der Waals surface area contributed by atoms with E-state index in [1.165, 1.54) is 32.1 Å². The van der Waals surface area contributed by atoms with Gasteiger partial charge in [0, 0.05) is 5.57 Å². The van der Waals surface area contributed by atoms with Gasteiger partial charge in [-0.1, -0.05) is 125 Å². The van der Waals surface area contributed by atoms with Crippen LogP contribution in [-0.4, -0.2) is 28.0 Å². The van der Waals surface area contributed by atoms with Crippen LogP contribution in [0.5, 0.6) is 0 Å². The van der Waals surface area contributed by atoms with Gasteiger partial charge in [-0.05, 0) is 17.5 Å². The minimum atomic E-state index is -5.37. The summed E-state index contributed by atoms with van der Waals surface area (Å²) in [6.07, 6.45) is 10.7. The molecule has 2 aromatic rings. The van der Waals surface area contributed by atoms with Crippen molar-refractivity contribution < 1.29 is 55.1 Å². The Morgan fingerprint density at radius 2 is 1.09 bits per heavy atom. The molecule has 0 saturated heterocycles. The fourth-order valence-corrected chi connectivity index (χ4v) is 6.36. The Labute approximate surface area is 233 Å². The second kappa shape index (κ2) is 16.7. The van der Waals surface area contributed by atoms with E-state index in [0.29, 0.717) is 17.5 Å². The molecule has 0 aromatic heterocycles. The zero-order valence-electron chi connectivity index (χ0n) is 20.8. The number of unbranched alkanes of at least 4 members (excludes halogenated alkanes) is 9. The summed E-state index contributed by atoms with van der Waals surface area (Å²) in [5.41, 5.74) is 0.419. The molecule has 0 aliphatic carbocycles. The molecule has 2 rings (SSSR count). The summed E-state index contributed by atoms with van der Waals surface area (Å²) in [6, 6.07) is 16.2. The average molecular weight is 531 g/mol.